The Hall–Kier alpha value is -2.79. The van der Waals surface area contributed by atoms with Crippen molar-refractivity contribution < 1.29 is 14.9 Å². The predicted octanol–water partition coefficient (Wildman–Crippen LogP) is 5.40. The number of aliphatic hydroxyl groups excluding tert-OH is 1. The Kier molecular flexibility index (Phi) is 8.63. The minimum Gasteiger partial charge on any atom is -0.491 e. The van der Waals surface area contributed by atoms with Crippen LogP contribution in [0.3, 0.4) is 0 Å². The van der Waals surface area contributed by atoms with Gasteiger partial charge in [-0.25, -0.2) is 0 Å². The van der Waals surface area contributed by atoms with E-state index in [9.17, 15) is 10.2 Å². The molecule has 1 unspecified atom stereocenters. The maximum Gasteiger partial charge on any atom is 0.121 e. The third kappa shape index (κ3) is 6.75. The van der Waals surface area contributed by atoms with Crippen molar-refractivity contribution in [3.8, 4) is 11.8 Å². The summed E-state index contributed by atoms with van der Waals surface area (Å²) in [7, 11) is 0. The van der Waals surface area contributed by atoms with Gasteiger partial charge >= 0.3 is 0 Å². The molecule has 0 bridgehead atoms. The summed E-state index contributed by atoms with van der Waals surface area (Å²) in [5, 5.41) is 31.2. The Labute approximate surface area is 228 Å². The van der Waals surface area contributed by atoms with E-state index in [1.807, 2.05) is 48.5 Å². The fourth-order valence-corrected chi connectivity index (χ4v) is 5.10. The molecule has 194 valence electrons. The van der Waals surface area contributed by atoms with E-state index in [1.165, 1.54) is 0 Å². The number of ether oxygens (including phenoxy) is 1. The molecular formula is C29H31Cl2N3O3. The molecule has 2 N–H and O–H groups in total. The van der Waals surface area contributed by atoms with Crippen molar-refractivity contribution in [3.63, 3.8) is 0 Å². The number of β-amino-alcohol motifs (C(OH)–C–C–N with tert-alkyl or cyclic N) is 1. The molecule has 1 saturated heterocycles. The zero-order valence-corrected chi connectivity index (χ0v) is 22.5. The van der Waals surface area contributed by atoms with Crippen LogP contribution in [-0.2, 0) is 5.60 Å². The van der Waals surface area contributed by atoms with E-state index in [4.69, 9.17) is 33.2 Å². The first-order chi connectivity index (χ1) is 17.7. The molecule has 37 heavy (non-hydrogen) atoms. The molecule has 1 aliphatic heterocycles. The normalized spacial score (nSPS) is 18.6. The second kappa shape index (κ2) is 11.7. The lowest BCUT2D eigenvalue weighted by molar-refractivity contribution is 0.0103. The first kappa shape index (κ1) is 27.3. The van der Waals surface area contributed by atoms with E-state index in [0.717, 1.165) is 23.4 Å². The van der Waals surface area contributed by atoms with Crippen LogP contribution in [0.25, 0.3) is 0 Å². The van der Waals surface area contributed by atoms with Crippen LogP contribution in [0, 0.1) is 11.3 Å². The zero-order chi connectivity index (χ0) is 26.6. The highest BCUT2D eigenvalue weighted by Crippen LogP contribution is 2.38. The lowest BCUT2D eigenvalue weighted by Gasteiger charge is -2.45. The minimum atomic E-state index is -1.08. The van der Waals surface area contributed by atoms with Gasteiger partial charge in [-0.1, -0.05) is 47.5 Å². The Morgan fingerprint density at radius 1 is 1.08 bits per heavy atom. The Morgan fingerprint density at radius 2 is 1.78 bits per heavy atom. The Balaban J connectivity index is 1.57. The standard InChI is InChI=1S/C29H31Cl2N3O3/c1-20(35)18-37-25-11-12-27(26(31)15-25)34-14-13-33(17-28(34)22-5-9-24(30)10-6-22)19-29(2,36)23-7-3-21(16-32)4-8-23/h3-12,15,20,28,35-36H,13-14,17-19H2,1-2H3/t20?,28-,29+/m0/s1. The molecule has 4 rings (SSSR count). The largest absolute Gasteiger partial charge is 0.491 e. The van der Waals surface area contributed by atoms with Gasteiger partial charge in [-0.05, 0) is 61.4 Å². The van der Waals surface area contributed by atoms with E-state index in [0.29, 0.717) is 41.0 Å². The average Bonchev–Trinajstić information content (AvgIpc) is 2.88. The minimum absolute atomic E-state index is 0.0236. The molecule has 0 aliphatic carbocycles. The second-order valence-corrected chi connectivity index (χ2v) is 10.6. The van der Waals surface area contributed by atoms with Crippen molar-refractivity contribution in [2.75, 3.05) is 37.7 Å². The Morgan fingerprint density at radius 3 is 2.41 bits per heavy atom. The molecular weight excluding hydrogens is 509 g/mol. The van der Waals surface area contributed by atoms with Gasteiger partial charge in [0.15, 0.2) is 0 Å². The highest BCUT2D eigenvalue weighted by atomic mass is 35.5. The third-order valence-electron chi connectivity index (χ3n) is 6.61. The number of anilines is 1. The lowest BCUT2D eigenvalue weighted by Crippen LogP contribution is -2.52. The molecule has 1 fully saturated rings. The number of benzene rings is 3. The molecule has 0 radical (unpaired) electrons. The Bertz CT molecular complexity index is 1240. The van der Waals surface area contributed by atoms with Gasteiger partial charge in [0.2, 0.25) is 0 Å². The molecule has 3 atom stereocenters. The van der Waals surface area contributed by atoms with E-state index in [2.05, 4.69) is 15.9 Å². The van der Waals surface area contributed by atoms with Crippen molar-refractivity contribution in [3.05, 3.63) is 93.5 Å². The number of rotatable bonds is 8. The summed E-state index contributed by atoms with van der Waals surface area (Å²) in [4.78, 5) is 4.53. The van der Waals surface area contributed by atoms with Gasteiger partial charge in [-0.3, -0.25) is 4.90 Å². The van der Waals surface area contributed by atoms with Crippen molar-refractivity contribution in [2.24, 2.45) is 0 Å². The van der Waals surface area contributed by atoms with Crippen LogP contribution in [0.2, 0.25) is 10.0 Å². The van der Waals surface area contributed by atoms with Gasteiger partial charge in [-0.15, -0.1) is 0 Å². The topological polar surface area (TPSA) is 80.0 Å². The first-order valence-corrected chi connectivity index (χ1v) is 13.0. The molecule has 6 nitrogen and oxygen atoms in total. The van der Waals surface area contributed by atoms with Crippen molar-refractivity contribution in [2.45, 2.75) is 31.6 Å². The highest BCUT2D eigenvalue weighted by Gasteiger charge is 2.34. The number of nitriles is 1. The number of hydrogen-bond donors (Lipinski definition) is 2. The molecule has 3 aromatic rings. The van der Waals surface area contributed by atoms with Crippen LogP contribution in [0.5, 0.6) is 5.75 Å². The van der Waals surface area contributed by atoms with Crippen molar-refractivity contribution >= 4 is 28.9 Å². The van der Waals surface area contributed by atoms with Crippen LogP contribution < -0.4 is 9.64 Å². The van der Waals surface area contributed by atoms with E-state index in [1.54, 1.807) is 32.0 Å². The summed E-state index contributed by atoms with van der Waals surface area (Å²) < 4.78 is 5.62. The molecule has 3 aromatic carbocycles. The van der Waals surface area contributed by atoms with Crippen LogP contribution >= 0.6 is 23.2 Å². The van der Waals surface area contributed by atoms with Gasteiger partial charge < -0.3 is 19.8 Å². The van der Waals surface area contributed by atoms with Crippen molar-refractivity contribution in [1.29, 1.82) is 5.26 Å². The maximum absolute atomic E-state index is 11.3. The lowest BCUT2D eigenvalue weighted by atomic mass is 9.93. The molecule has 0 aromatic heterocycles. The van der Waals surface area contributed by atoms with E-state index in [-0.39, 0.29) is 12.6 Å². The highest BCUT2D eigenvalue weighted by molar-refractivity contribution is 6.33. The molecule has 0 saturated carbocycles. The first-order valence-electron chi connectivity index (χ1n) is 12.2. The smallest absolute Gasteiger partial charge is 0.121 e. The van der Waals surface area contributed by atoms with Crippen LogP contribution in [0.15, 0.2) is 66.7 Å². The monoisotopic (exact) mass is 539 g/mol. The number of nitrogens with zero attached hydrogens (tertiary/aromatic N) is 3. The molecule has 0 amide bonds. The van der Waals surface area contributed by atoms with Crippen LogP contribution in [-0.4, -0.2) is 54.0 Å². The zero-order valence-electron chi connectivity index (χ0n) is 20.9. The molecule has 8 heteroatoms. The number of aliphatic hydroxyl groups is 2. The second-order valence-electron chi connectivity index (χ2n) is 9.73. The van der Waals surface area contributed by atoms with Gasteiger partial charge in [0.25, 0.3) is 0 Å². The summed E-state index contributed by atoms with van der Waals surface area (Å²) in [5.41, 5.74) is 2.24. The fourth-order valence-electron chi connectivity index (χ4n) is 4.70. The van der Waals surface area contributed by atoms with E-state index >= 15 is 0 Å². The third-order valence-corrected chi connectivity index (χ3v) is 7.16. The molecule has 1 aliphatic rings. The quantitative estimate of drug-likeness (QED) is 0.399. The van der Waals surface area contributed by atoms with Crippen LogP contribution in [0.4, 0.5) is 5.69 Å². The van der Waals surface area contributed by atoms with E-state index < -0.39 is 11.7 Å². The molecule has 1 heterocycles. The summed E-state index contributed by atoms with van der Waals surface area (Å²) in [5.74, 6) is 0.606. The summed E-state index contributed by atoms with van der Waals surface area (Å²) in [6.45, 7) is 6.21. The summed E-state index contributed by atoms with van der Waals surface area (Å²) in [6, 6.07) is 22.6. The van der Waals surface area contributed by atoms with Gasteiger partial charge in [0, 0.05) is 37.3 Å². The van der Waals surface area contributed by atoms with Gasteiger partial charge in [0.1, 0.15) is 12.4 Å². The number of piperazine rings is 1. The van der Waals surface area contributed by atoms with Crippen LogP contribution in [0.1, 0.15) is 36.6 Å². The SMILES string of the molecule is CC(O)COc1ccc(N2CCN(C[C@@](C)(O)c3ccc(C#N)cc3)C[C@H]2c2ccc(Cl)cc2)c(Cl)c1. The molecule has 0 spiro atoms. The van der Waals surface area contributed by atoms with Gasteiger partial charge in [-0.2, -0.15) is 5.26 Å². The summed E-state index contributed by atoms with van der Waals surface area (Å²) >= 11 is 12.9. The van der Waals surface area contributed by atoms with Gasteiger partial charge in [0.05, 0.1) is 40.1 Å². The predicted molar refractivity (Wildman–Crippen MR) is 147 cm³/mol. The number of halogens is 2. The van der Waals surface area contributed by atoms with Crippen molar-refractivity contribution in [1.82, 2.24) is 4.90 Å². The summed E-state index contributed by atoms with van der Waals surface area (Å²) in [6.07, 6.45) is -0.567. The fraction of sp³-hybridized carbons (Fsp3) is 0.345. The average molecular weight is 540 g/mol. The maximum atomic E-state index is 11.3. The number of hydrogen-bond acceptors (Lipinski definition) is 6.